The lowest BCUT2D eigenvalue weighted by Gasteiger charge is -2.29. The van der Waals surface area contributed by atoms with E-state index in [2.05, 4.69) is 32.0 Å². The fourth-order valence-electron chi connectivity index (χ4n) is 3.95. The summed E-state index contributed by atoms with van der Waals surface area (Å²) in [4.78, 5) is 13.3. The van der Waals surface area contributed by atoms with Crippen molar-refractivity contribution in [2.24, 2.45) is 5.92 Å². The molecule has 0 amide bonds. The first-order valence-corrected chi connectivity index (χ1v) is 8.13. The van der Waals surface area contributed by atoms with Crippen LogP contribution in [0, 0.1) is 5.92 Å². The monoisotopic (exact) mass is 312 g/mol. The number of rotatable bonds is 6. The average Bonchev–Trinajstić information content (AvgIpc) is 2.75. The van der Waals surface area contributed by atoms with Crippen LogP contribution in [0.2, 0.25) is 0 Å². The van der Waals surface area contributed by atoms with Crippen molar-refractivity contribution in [2.75, 3.05) is 27.4 Å². The second-order valence-electron chi connectivity index (χ2n) is 6.88. The molecule has 0 fully saturated rings. The summed E-state index contributed by atoms with van der Waals surface area (Å²) in [5.74, 6) is 0.646. The molecule has 0 radical (unpaired) electrons. The molecule has 0 aliphatic heterocycles. The lowest BCUT2D eigenvalue weighted by Crippen LogP contribution is -2.42. The SMILES string of the molecule is COCC1(COC)C(=O)c2cccc3ccc(CC(C)C)c1c23. The Labute approximate surface area is 137 Å². The van der Waals surface area contributed by atoms with Crippen molar-refractivity contribution in [1.82, 2.24) is 0 Å². The number of methoxy groups -OCH3 is 2. The molecule has 23 heavy (non-hydrogen) atoms. The molecule has 0 bridgehead atoms. The zero-order valence-electron chi connectivity index (χ0n) is 14.3. The van der Waals surface area contributed by atoms with Gasteiger partial charge in [0.2, 0.25) is 0 Å². The van der Waals surface area contributed by atoms with Gasteiger partial charge in [-0.05, 0) is 34.2 Å². The summed E-state index contributed by atoms with van der Waals surface area (Å²) in [6, 6.07) is 10.3. The van der Waals surface area contributed by atoms with Crippen molar-refractivity contribution in [1.29, 1.82) is 0 Å². The Bertz CT molecular complexity index is 740. The Balaban J connectivity index is 2.34. The average molecular weight is 312 g/mol. The Morgan fingerprint density at radius 2 is 1.74 bits per heavy atom. The number of carbonyl (C=O) groups excluding carboxylic acids is 1. The summed E-state index contributed by atoms with van der Waals surface area (Å²) in [5.41, 5.74) is 2.43. The molecule has 3 heteroatoms. The van der Waals surface area contributed by atoms with E-state index < -0.39 is 5.41 Å². The van der Waals surface area contributed by atoms with E-state index in [0.717, 1.165) is 28.3 Å². The fourth-order valence-corrected chi connectivity index (χ4v) is 3.95. The second kappa shape index (κ2) is 6.06. The number of carbonyl (C=O) groups is 1. The normalized spacial score (nSPS) is 15.8. The highest BCUT2D eigenvalue weighted by Gasteiger charge is 2.49. The summed E-state index contributed by atoms with van der Waals surface area (Å²) in [5, 5.41) is 2.21. The predicted molar refractivity (Wildman–Crippen MR) is 92.3 cm³/mol. The van der Waals surface area contributed by atoms with Crippen molar-refractivity contribution < 1.29 is 14.3 Å². The van der Waals surface area contributed by atoms with Crippen LogP contribution < -0.4 is 0 Å². The standard InChI is InChI=1S/C20H24O3/c1-13(2)10-15-9-8-14-6-5-7-16-17(14)18(15)20(11-22-3,12-23-4)19(16)21/h5-9,13H,10-12H2,1-4H3. The maximum atomic E-state index is 13.3. The van der Waals surface area contributed by atoms with E-state index in [0.29, 0.717) is 19.1 Å². The van der Waals surface area contributed by atoms with Gasteiger partial charge in [0.15, 0.2) is 5.78 Å². The van der Waals surface area contributed by atoms with E-state index in [1.54, 1.807) is 14.2 Å². The van der Waals surface area contributed by atoms with E-state index >= 15 is 0 Å². The van der Waals surface area contributed by atoms with Crippen LogP contribution in [0.5, 0.6) is 0 Å². The van der Waals surface area contributed by atoms with Crippen LogP contribution in [-0.2, 0) is 21.3 Å². The zero-order valence-corrected chi connectivity index (χ0v) is 14.3. The minimum absolute atomic E-state index is 0.123. The molecule has 3 rings (SSSR count). The van der Waals surface area contributed by atoms with Gasteiger partial charge >= 0.3 is 0 Å². The maximum absolute atomic E-state index is 13.3. The highest BCUT2D eigenvalue weighted by Crippen LogP contribution is 2.45. The Kier molecular flexibility index (Phi) is 4.26. The molecule has 1 aliphatic carbocycles. The lowest BCUT2D eigenvalue weighted by atomic mass is 9.77. The molecule has 122 valence electrons. The van der Waals surface area contributed by atoms with Crippen LogP contribution in [0.3, 0.4) is 0 Å². The van der Waals surface area contributed by atoms with E-state index in [1.165, 1.54) is 5.56 Å². The molecule has 0 unspecified atom stereocenters. The first-order chi connectivity index (χ1) is 11.0. The molecule has 2 aromatic rings. The van der Waals surface area contributed by atoms with Crippen LogP contribution in [0.25, 0.3) is 10.8 Å². The molecule has 0 saturated heterocycles. The van der Waals surface area contributed by atoms with E-state index in [-0.39, 0.29) is 5.78 Å². The molecule has 1 aliphatic rings. The van der Waals surface area contributed by atoms with Gasteiger partial charge in [-0.3, -0.25) is 4.79 Å². The Hall–Kier alpha value is -1.71. The van der Waals surface area contributed by atoms with Crippen LogP contribution in [-0.4, -0.2) is 33.2 Å². The van der Waals surface area contributed by atoms with Crippen molar-refractivity contribution in [3.8, 4) is 0 Å². The van der Waals surface area contributed by atoms with Gasteiger partial charge < -0.3 is 9.47 Å². The van der Waals surface area contributed by atoms with Gasteiger partial charge in [0.1, 0.15) is 5.41 Å². The highest BCUT2D eigenvalue weighted by atomic mass is 16.5. The van der Waals surface area contributed by atoms with Gasteiger partial charge in [-0.1, -0.05) is 44.2 Å². The van der Waals surface area contributed by atoms with Gasteiger partial charge in [-0.2, -0.15) is 0 Å². The molecular formula is C20H24O3. The number of hydrogen-bond donors (Lipinski definition) is 0. The second-order valence-corrected chi connectivity index (χ2v) is 6.88. The molecular weight excluding hydrogens is 288 g/mol. The topological polar surface area (TPSA) is 35.5 Å². The third-order valence-electron chi connectivity index (χ3n) is 4.70. The van der Waals surface area contributed by atoms with Crippen LogP contribution in [0.1, 0.15) is 35.3 Å². The Morgan fingerprint density at radius 1 is 1.04 bits per heavy atom. The fraction of sp³-hybridized carbons (Fsp3) is 0.450. The lowest BCUT2D eigenvalue weighted by molar-refractivity contribution is 0.0479. The van der Waals surface area contributed by atoms with Crippen molar-refractivity contribution in [3.63, 3.8) is 0 Å². The van der Waals surface area contributed by atoms with Crippen molar-refractivity contribution in [2.45, 2.75) is 25.7 Å². The zero-order chi connectivity index (χ0) is 16.6. The van der Waals surface area contributed by atoms with Gasteiger partial charge in [0.05, 0.1) is 13.2 Å². The van der Waals surface area contributed by atoms with Crippen LogP contribution >= 0.6 is 0 Å². The third-order valence-corrected chi connectivity index (χ3v) is 4.70. The van der Waals surface area contributed by atoms with Crippen molar-refractivity contribution >= 4 is 16.6 Å². The van der Waals surface area contributed by atoms with Gasteiger partial charge in [-0.25, -0.2) is 0 Å². The summed E-state index contributed by atoms with van der Waals surface area (Å²) >= 11 is 0. The van der Waals surface area contributed by atoms with E-state index in [4.69, 9.17) is 9.47 Å². The summed E-state index contributed by atoms with van der Waals surface area (Å²) in [6.07, 6.45) is 0.946. The van der Waals surface area contributed by atoms with E-state index in [9.17, 15) is 4.79 Å². The molecule has 2 aromatic carbocycles. The molecule has 0 saturated carbocycles. The van der Waals surface area contributed by atoms with Crippen LogP contribution in [0.4, 0.5) is 0 Å². The first-order valence-electron chi connectivity index (χ1n) is 8.13. The summed E-state index contributed by atoms with van der Waals surface area (Å²) < 4.78 is 10.9. The minimum atomic E-state index is -0.725. The van der Waals surface area contributed by atoms with E-state index in [1.807, 2.05) is 12.1 Å². The highest BCUT2D eigenvalue weighted by molar-refractivity contribution is 6.21. The molecule has 0 heterocycles. The summed E-state index contributed by atoms with van der Waals surface area (Å²) in [6.45, 7) is 5.10. The largest absolute Gasteiger partial charge is 0.383 e. The molecule has 0 atom stereocenters. The quantitative estimate of drug-likeness (QED) is 0.814. The number of benzene rings is 2. The maximum Gasteiger partial charge on any atom is 0.178 e. The molecule has 0 aromatic heterocycles. The number of Topliss-reactive ketones (excluding diaryl/α,β-unsaturated/α-hetero) is 1. The van der Waals surface area contributed by atoms with Gasteiger partial charge in [0.25, 0.3) is 0 Å². The number of ketones is 1. The smallest absolute Gasteiger partial charge is 0.178 e. The summed E-state index contributed by atoms with van der Waals surface area (Å²) in [7, 11) is 3.30. The molecule has 0 N–H and O–H groups in total. The van der Waals surface area contributed by atoms with Crippen LogP contribution in [0.15, 0.2) is 30.3 Å². The Morgan fingerprint density at radius 3 is 2.35 bits per heavy atom. The first kappa shape index (κ1) is 16.2. The third kappa shape index (κ3) is 2.39. The van der Waals surface area contributed by atoms with Gasteiger partial charge in [0, 0.05) is 19.8 Å². The minimum Gasteiger partial charge on any atom is -0.383 e. The molecule has 0 spiro atoms. The van der Waals surface area contributed by atoms with Gasteiger partial charge in [-0.15, -0.1) is 0 Å². The van der Waals surface area contributed by atoms with Crippen molar-refractivity contribution in [3.05, 3.63) is 47.0 Å². The molecule has 3 nitrogen and oxygen atoms in total. The number of ether oxygens (including phenoxy) is 2. The number of hydrogen-bond acceptors (Lipinski definition) is 3. The predicted octanol–water partition coefficient (Wildman–Crippen LogP) is 3.77.